The van der Waals surface area contributed by atoms with E-state index >= 15 is 0 Å². The number of phenols is 1. The molecule has 0 atom stereocenters. The number of hydrogen-bond acceptors (Lipinski definition) is 7. The van der Waals surface area contributed by atoms with E-state index in [9.17, 15) is 15.2 Å². The van der Waals surface area contributed by atoms with E-state index in [-0.39, 0.29) is 22.7 Å². The van der Waals surface area contributed by atoms with Gasteiger partial charge >= 0.3 is 0 Å². The van der Waals surface area contributed by atoms with Crippen LogP contribution < -0.4 is 4.74 Å². The van der Waals surface area contributed by atoms with Crippen LogP contribution in [0.4, 0.5) is 11.4 Å². The van der Waals surface area contributed by atoms with Crippen LogP contribution in [-0.4, -0.2) is 28.3 Å². The Bertz CT molecular complexity index is 1350. The number of hydrogen-bond donors (Lipinski definition) is 1. The molecule has 3 aromatic carbocycles. The fourth-order valence-electron chi connectivity index (χ4n) is 3.02. The number of methoxy groups -OCH3 is 1. The zero-order chi connectivity index (χ0) is 22.1. The minimum absolute atomic E-state index is 0.0192. The third kappa shape index (κ3) is 4.06. The van der Waals surface area contributed by atoms with Gasteiger partial charge in [-0.05, 0) is 42.8 Å². The number of fused-ring (bicyclic) bond motifs is 1. The Kier molecular flexibility index (Phi) is 5.31. The Morgan fingerprint density at radius 3 is 2.77 bits per heavy atom. The maximum absolute atomic E-state index is 11.1. The summed E-state index contributed by atoms with van der Waals surface area (Å²) >= 11 is 6.34. The fraction of sp³-hybridized carbons (Fsp3) is 0.0909. The fourth-order valence-corrected chi connectivity index (χ4v) is 3.22. The molecule has 8 nitrogen and oxygen atoms in total. The summed E-state index contributed by atoms with van der Waals surface area (Å²) in [6, 6.07) is 13.0. The normalized spacial score (nSPS) is 11.3. The van der Waals surface area contributed by atoms with Crippen molar-refractivity contribution in [3.8, 4) is 23.0 Å². The van der Waals surface area contributed by atoms with Crippen molar-refractivity contribution in [3.05, 3.63) is 74.8 Å². The molecule has 0 bridgehead atoms. The lowest BCUT2D eigenvalue weighted by molar-refractivity contribution is -0.385. The summed E-state index contributed by atoms with van der Waals surface area (Å²) in [5.74, 6) is 0.0806. The SMILES string of the molecule is COc1cc([N+](=O)[O-])cc(C=Nc2ccc(Cl)c(-c3nc4ccc(C)cc4o3)c2)c1O. The summed E-state index contributed by atoms with van der Waals surface area (Å²) in [4.78, 5) is 19.4. The lowest BCUT2D eigenvalue weighted by atomic mass is 10.1. The van der Waals surface area contributed by atoms with E-state index in [1.165, 1.54) is 19.4 Å². The first-order valence-electron chi connectivity index (χ1n) is 9.12. The number of aromatic hydroxyl groups is 1. The van der Waals surface area contributed by atoms with Gasteiger partial charge in [0.25, 0.3) is 5.69 Å². The molecule has 1 N–H and O–H groups in total. The van der Waals surface area contributed by atoms with Crippen LogP contribution in [0.25, 0.3) is 22.6 Å². The number of phenolic OH excluding ortho intramolecular Hbond substituents is 1. The molecule has 0 aliphatic heterocycles. The first-order chi connectivity index (χ1) is 14.9. The monoisotopic (exact) mass is 437 g/mol. The second kappa shape index (κ2) is 8.08. The van der Waals surface area contributed by atoms with Crippen molar-refractivity contribution < 1.29 is 19.2 Å². The van der Waals surface area contributed by atoms with Crippen LogP contribution in [0.5, 0.6) is 11.5 Å². The molecule has 9 heteroatoms. The first-order valence-corrected chi connectivity index (χ1v) is 9.50. The molecule has 4 aromatic rings. The van der Waals surface area contributed by atoms with Crippen LogP contribution in [0.3, 0.4) is 0 Å². The molecular weight excluding hydrogens is 422 g/mol. The molecule has 0 aliphatic rings. The van der Waals surface area contributed by atoms with Crippen LogP contribution in [0.15, 0.2) is 57.9 Å². The Hall–Kier alpha value is -3.91. The summed E-state index contributed by atoms with van der Waals surface area (Å²) < 4.78 is 10.9. The van der Waals surface area contributed by atoms with Crippen molar-refractivity contribution in [3.63, 3.8) is 0 Å². The first kappa shape index (κ1) is 20.4. The van der Waals surface area contributed by atoms with Gasteiger partial charge in [-0.2, -0.15) is 0 Å². The number of aryl methyl sites for hydroxylation is 1. The molecule has 0 saturated carbocycles. The minimum atomic E-state index is -0.575. The van der Waals surface area contributed by atoms with Crippen molar-refractivity contribution in [2.45, 2.75) is 6.92 Å². The minimum Gasteiger partial charge on any atom is -0.504 e. The van der Waals surface area contributed by atoms with E-state index in [0.29, 0.717) is 33.3 Å². The largest absolute Gasteiger partial charge is 0.504 e. The molecule has 0 radical (unpaired) electrons. The Labute approximate surface area is 181 Å². The van der Waals surface area contributed by atoms with E-state index in [1.54, 1.807) is 18.2 Å². The van der Waals surface area contributed by atoms with Gasteiger partial charge in [-0.1, -0.05) is 17.7 Å². The average Bonchev–Trinajstić information content (AvgIpc) is 3.16. The quantitative estimate of drug-likeness (QED) is 0.239. The van der Waals surface area contributed by atoms with E-state index in [1.807, 2.05) is 25.1 Å². The van der Waals surface area contributed by atoms with E-state index in [2.05, 4.69) is 9.98 Å². The molecule has 0 unspecified atom stereocenters. The highest BCUT2D eigenvalue weighted by atomic mass is 35.5. The van der Waals surface area contributed by atoms with Gasteiger partial charge in [-0.15, -0.1) is 0 Å². The number of aliphatic imine (C=N–C) groups is 1. The predicted octanol–water partition coefficient (Wildman–Crippen LogP) is 5.83. The predicted molar refractivity (Wildman–Crippen MR) is 118 cm³/mol. The van der Waals surface area contributed by atoms with E-state index in [0.717, 1.165) is 11.6 Å². The molecule has 0 saturated heterocycles. The molecule has 1 aromatic heterocycles. The van der Waals surface area contributed by atoms with E-state index < -0.39 is 4.92 Å². The number of rotatable bonds is 5. The van der Waals surface area contributed by atoms with Gasteiger partial charge < -0.3 is 14.3 Å². The number of ether oxygens (including phenoxy) is 1. The third-order valence-corrected chi connectivity index (χ3v) is 4.93. The topological polar surface area (TPSA) is 111 Å². The van der Waals surface area contributed by atoms with Crippen molar-refractivity contribution in [2.24, 2.45) is 4.99 Å². The lowest BCUT2D eigenvalue weighted by Gasteiger charge is -2.06. The molecule has 0 aliphatic carbocycles. The smallest absolute Gasteiger partial charge is 0.274 e. The Balaban J connectivity index is 1.73. The Morgan fingerprint density at radius 2 is 2.03 bits per heavy atom. The second-order valence-electron chi connectivity index (χ2n) is 6.76. The molecule has 4 rings (SSSR count). The number of non-ortho nitro benzene ring substituents is 1. The zero-order valence-electron chi connectivity index (χ0n) is 16.5. The van der Waals surface area contributed by atoms with Crippen molar-refractivity contribution in [1.82, 2.24) is 4.98 Å². The Morgan fingerprint density at radius 1 is 1.23 bits per heavy atom. The second-order valence-corrected chi connectivity index (χ2v) is 7.16. The van der Waals surface area contributed by atoms with Crippen LogP contribution in [0.2, 0.25) is 5.02 Å². The highest BCUT2D eigenvalue weighted by Gasteiger charge is 2.16. The van der Waals surface area contributed by atoms with Crippen LogP contribution in [-0.2, 0) is 0 Å². The summed E-state index contributed by atoms with van der Waals surface area (Å²) in [5.41, 5.74) is 3.35. The van der Waals surface area contributed by atoms with Crippen LogP contribution in [0.1, 0.15) is 11.1 Å². The van der Waals surface area contributed by atoms with E-state index in [4.69, 9.17) is 20.8 Å². The van der Waals surface area contributed by atoms with Gasteiger partial charge in [-0.3, -0.25) is 15.1 Å². The third-order valence-electron chi connectivity index (χ3n) is 4.60. The number of oxazole rings is 1. The van der Waals surface area contributed by atoms with Gasteiger partial charge in [-0.25, -0.2) is 4.98 Å². The molecule has 1 heterocycles. The molecular formula is C22H16ClN3O5. The highest BCUT2D eigenvalue weighted by Crippen LogP contribution is 2.35. The van der Waals surface area contributed by atoms with Crippen molar-refractivity contribution in [1.29, 1.82) is 0 Å². The summed E-state index contributed by atoms with van der Waals surface area (Å²) in [5, 5.41) is 21.8. The van der Waals surface area contributed by atoms with Gasteiger partial charge in [0, 0.05) is 17.8 Å². The lowest BCUT2D eigenvalue weighted by Crippen LogP contribution is -1.94. The molecule has 0 amide bonds. The number of halogens is 1. The van der Waals surface area contributed by atoms with Gasteiger partial charge in [0.1, 0.15) is 5.52 Å². The summed E-state index contributed by atoms with van der Waals surface area (Å²) in [7, 11) is 1.31. The summed E-state index contributed by atoms with van der Waals surface area (Å²) in [6.07, 6.45) is 1.31. The van der Waals surface area contributed by atoms with Crippen molar-refractivity contribution >= 4 is 40.3 Å². The van der Waals surface area contributed by atoms with Gasteiger partial charge in [0.2, 0.25) is 5.89 Å². The van der Waals surface area contributed by atoms with Crippen molar-refractivity contribution in [2.75, 3.05) is 7.11 Å². The van der Waals surface area contributed by atoms with Crippen LogP contribution in [0, 0.1) is 17.0 Å². The number of nitro benzene ring substituents is 1. The molecule has 0 fully saturated rings. The standard InChI is InChI=1S/C22H16ClN3O5/c1-12-3-6-18-19(7-12)31-22(25-18)16-9-14(4-5-17(16)23)24-11-13-8-15(26(28)29)10-20(30-2)21(13)27/h3-11,27H,1-2H3. The maximum Gasteiger partial charge on any atom is 0.274 e. The van der Waals surface area contributed by atoms with Gasteiger partial charge in [0.05, 0.1) is 34.4 Å². The maximum atomic E-state index is 11.1. The number of nitrogens with zero attached hydrogens (tertiary/aromatic N) is 3. The number of benzene rings is 3. The average molecular weight is 438 g/mol. The molecule has 31 heavy (non-hydrogen) atoms. The number of nitro groups is 1. The highest BCUT2D eigenvalue weighted by molar-refractivity contribution is 6.33. The van der Waals surface area contributed by atoms with Gasteiger partial charge in [0.15, 0.2) is 17.1 Å². The zero-order valence-corrected chi connectivity index (χ0v) is 17.3. The van der Waals surface area contributed by atoms with Crippen LogP contribution >= 0.6 is 11.6 Å². The summed E-state index contributed by atoms with van der Waals surface area (Å²) in [6.45, 7) is 1.96. The number of aromatic nitrogens is 1. The molecule has 0 spiro atoms. The molecule has 156 valence electrons.